The summed E-state index contributed by atoms with van der Waals surface area (Å²) in [5.41, 5.74) is 5.26. The zero-order valence-electron chi connectivity index (χ0n) is 10.0. The summed E-state index contributed by atoms with van der Waals surface area (Å²) in [6, 6.07) is 4.24. The van der Waals surface area contributed by atoms with Crippen LogP contribution in [0.4, 0.5) is 4.79 Å². The van der Waals surface area contributed by atoms with Crippen molar-refractivity contribution in [3.05, 3.63) is 23.8 Å². The van der Waals surface area contributed by atoms with E-state index in [9.17, 15) is 9.59 Å². The molecule has 1 rings (SSSR count). The zero-order chi connectivity index (χ0) is 14.3. The van der Waals surface area contributed by atoms with Gasteiger partial charge in [0.25, 0.3) is 0 Å². The van der Waals surface area contributed by atoms with Crippen LogP contribution in [-0.2, 0) is 9.63 Å². The lowest BCUT2D eigenvalue weighted by Gasteiger charge is -2.08. The molecule has 19 heavy (non-hydrogen) atoms. The second-order valence-electron chi connectivity index (χ2n) is 3.22. The van der Waals surface area contributed by atoms with E-state index in [1.807, 2.05) is 0 Å². The summed E-state index contributed by atoms with van der Waals surface area (Å²) in [4.78, 5) is 25.6. The monoisotopic (exact) mass is 268 g/mol. The molecule has 0 aromatic heterocycles. The van der Waals surface area contributed by atoms with Gasteiger partial charge in [-0.2, -0.15) is 0 Å². The number of rotatable bonds is 6. The van der Waals surface area contributed by atoms with Crippen molar-refractivity contribution in [2.75, 3.05) is 13.7 Å². The van der Waals surface area contributed by atoms with Crippen molar-refractivity contribution < 1.29 is 29.0 Å². The number of aliphatic carboxylic acids is 1. The van der Waals surface area contributed by atoms with Gasteiger partial charge in [0.1, 0.15) is 18.6 Å². The number of ether oxygens (including phenoxy) is 2. The zero-order valence-corrected chi connectivity index (χ0v) is 10.0. The highest BCUT2D eigenvalue weighted by Crippen LogP contribution is 2.23. The number of benzene rings is 1. The Morgan fingerprint density at radius 2 is 2.21 bits per heavy atom. The maximum atomic E-state index is 10.6. The maximum absolute atomic E-state index is 10.6. The van der Waals surface area contributed by atoms with Crippen LogP contribution in [0.2, 0.25) is 0 Å². The predicted molar refractivity (Wildman–Crippen MR) is 64.4 cm³/mol. The number of carbonyl (C=O) groups excluding carboxylic acids is 1. The van der Waals surface area contributed by atoms with Crippen LogP contribution in [0.15, 0.2) is 23.4 Å². The number of nitrogens with two attached hydrogens (primary N) is 1. The molecule has 1 aromatic carbocycles. The van der Waals surface area contributed by atoms with E-state index in [0.29, 0.717) is 5.56 Å². The van der Waals surface area contributed by atoms with Crippen molar-refractivity contribution >= 4 is 18.3 Å². The summed E-state index contributed by atoms with van der Waals surface area (Å²) in [5.74, 6) is -0.695. The van der Waals surface area contributed by atoms with Crippen molar-refractivity contribution in [2.45, 2.75) is 0 Å². The van der Waals surface area contributed by atoms with Crippen LogP contribution in [0.3, 0.4) is 0 Å². The number of amides is 1. The Bertz CT molecular complexity index is 500. The number of carboxylic acid groups (broad SMARTS) is 1. The van der Waals surface area contributed by atoms with Crippen molar-refractivity contribution in [2.24, 2.45) is 10.9 Å². The number of carbonyl (C=O) groups is 2. The van der Waals surface area contributed by atoms with Crippen LogP contribution in [0.1, 0.15) is 5.56 Å². The molecule has 0 saturated heterocycles. The largest absolute Gasteiger partial charge is 0.481 e. The van der Waals surface area contributed by atoms with Crippen LogP contribution < -0.4 is 15.2 Å². The van der Waals surface area contributed by atoms with Crippen molar-refractivity contribution in [1.29, 1.82) is 0 Å². The second-order valence-corrected chi connectivity index (χ2v) is 3.22. The quantitative estimate of drug-likeness (QED) is 0.575. The number of hydrogen-bond acceptors (Lipinski definition) is 6. The minimum atomic E-state index is -1.12. The van der Waals surface area contributed by atoms with E-state index in [2.05, 4.69) is 14.7 Å². The van der Waals surface area contributed by atoms with Gasteiger partial charge in [0, 0.05) is 5.56 Å². The Morgan fingerprint density at radius 1 is 1.47 bits per heavy atom. The molecule has 0 heterocycles. The predicted octanol–water partition coefficient (Wildman–Crippen LogP) is 0.588. The van der Waals surface area contributed by atoms with E-state index >= 15 is 0 Å². The lowest BCUT2D eigenvalue weighted by molar-refractivity contribution is -0.139. The van der Waals surface area contributed by atoms with Gasteiger partial charge in [-0.3, -0.25) is 0 Å². The molecule has 102 valence electrons. The SMILES string of the molecule is CON=Cc1cc(OC(N)=O)ccc1OCC(=O)O. The van der Waals surface area contributed by atoms with Gasteiger partial charge in [-0.15, -0.1) is 0 Å². The summed E-state index contributed by atoms with van der Waals surface area (Å²) >= 11 is 0. The minimum Gasteiger partial charge on any atom is -0.481 e. The fourth-order valence-electron chi connectivity index (χ4n) is 1.19. The third-order valence-corrected chi connectivity index (χ3v) is 1.85. The molecule has 0 aliphatic carbocycles. The van der Waals surface area contributed by atoms with E-state index in [-0.39, 0.29) is 11.5 Å². The third kappa shape index (κ3) is 4.94. The highest BCUT2D eigenvalue weighted by atomic mass is 16.6. The second kappa shape index (κ2) is 6.84. The molecular formula is C11H12N2O6. The Balaban J connectivity index is 2.98. The molecule has 0 radical (unpaired) electrons. The average molecular weight is 268 g/mol. The molecular weight excluding hydrogens is 256 g/mol. The Hall–Kier alpha value is -2.77. The molecule has 0 aliphatic rings. The normalized spacial score (nSPS) is 10.2. The topological polar surface area (TPSA) is 120 Å². The third-order valence-electron chi connectivity index (χ3n) is 1.85. The molecule has 0 spiro atoms. The number of primary amides is 1. The molecule has 8 heteroatoms. The maximum Gasteiger partial charge on any atom is 0.409 e. The van der Waals surface area contributed by atoms with Gasteiger partial charge in [-0.05, 0) is 18.2 Å². The van der Waals surface area contributed by atoms with E-state index in [1.165, 1.54) is 31.5 Å². The molecule has 8 nitrogen and oxygen atoms in total. The first kappa shape index (κ1) is 14.3. The van der Waals surface area contributed by atoms with E-state index in [0.717, 1.165) is 0 Å². The highest BCUT2D eigenvalue weighted by Gasteiger charge is 2.08. The van der Waals surface area contributed by atoms with Gasteiger partial charge in [0.2, 0.25) is 0 Å². The van der Waals surface area contributed by atoms with Crippen LogP contribution in [0.5, 0.6) is 11.5 Å². The summed E-state index contributed by atoms with van der Waals surface area (Å²) in [5, 5.41) is 12.1. The molecule has 0 aliphatic heterocycles. The van der Waals surface area contributed by atoms with Crippen molar-refractivity contribution in [3.8, 4) is 11.5 Å². The minimum absolute atomic E-state index is 0.174. The van der Waals surface area contributed by atoms with Crippen molar-refractivity contribution in [3.63, 3.8) is 0 Å². The molecule has 0 fully saturated rings. The van der Waals surface area contributed by atoms with Crippen LogP contribution in [-0.4, -0.2) is 37.1 Å². The number of nitrogens with zero attached hydrogens (tertiary/aromatic N) is 1. The van der Waals surface area contributed by atoms with Gasteiger partial charge in [-0.25, -0.2) is 9.59 Å². The fraction of sp³-hybridized carbons (Fsp3) is 0.182. The molecule has 0 saturated carbocycles. The number of hydrogen-bond donors (Lipinski definition) is 2. The Kier molecular flexibility index (Phi) is 5.15. The molecule has 0 unspecified atom stereocenters. The van der Waals surface area contributed by atoms with Gasteiger partial charge < -0.3 is 25.2 Å². The van der Waals surface area contributed by atoms with E-state index in [1.54, 1.807) is 0 Å². The summed E-state index contributed by atoms with van der Waals surface area (Å²) in [6.45, 7) is -0.510. The van der Waals surface area contributed by atoms with Crippen LogP contribution in [0.25, 0.3) is 0 Å². The lowest BCUT2D eigenvalue weighted by Crippen LogP contribution is -2.16. The Morgan fingerprint density at radius 3 is 2.79 bits per heavy atom. The first-order chi connectivity index (χ1) is 9.02. The average Bonchev–Trinajstić information content (AvgIpc) is 2.34. The first-order valence-corrected chi connectivity index (χ1v) is 5.05. The molecule has 0 atom stereocenters. The lowest BCUT2D eigenvalue weighted by atomic mass is 10.2. The van der Waals surface area contributed by atoms with Gasteiger partial charge in [0.05, 0.1) is 6.21 Å². The highest BCUT2D eigenvalue weighted by molar-refractivity contribution is 5.84. The van der Waals surface area contributed by atoms with E-state index in [4.69, 9.17) is 15.6 Å². The standard InChI is InChI=1S/C11H12N2O6/c1-17-13-5-7-4-8(19-11(12)16)2-3-9(7)18-6-10(14)15/h2-5H,6H2,1H3,(H2,12,16)(H,14,15). The summed E-state index contributed by atoms with van der Waals surface area (Å²) in [7, 11) is 1.35. The molecule has 3 N–H and O–H groups in total. The van der Waals surface area contributed by atoms with Gasteiger partial charge >= 0.3 is 12.1 Å². The molecule has 0 bridgehead atoms. The summed E-state index contributed by atoms with van der Waals surface area (Å²) in [6.07, 6.45) is 0.319. The smallest absolute Gasteiger partial charge is 0.409 e. The van der Waals surface area contributed by atoms with Crippen LogP contribution in [0, 0.1) is 0 Å². The van der Waals surface area contributed by atoms with Gasteiger partial charge in [-0.1, -0.05) is 5.16 Å². The fourth-order valence-corrected chi connectivity index (χ4v) is 1.19. The van der Waals surface area contributed by atoms with Crippen molar-refractivity contribution in [1.82, 2.24) is 0 Å². The Labute approximate surface area is 108 Å². The molecule has 1 amide bonds. The number of carboxylic acids is 1. The van der Waals surface area contributed by atoms with Gasteiger partial charge in [0.15, 0.2) is 6.61 Å². The molecule has 1 aromatic rings. The first-order valence-electron chi connectivity index (χ1n) is 5.05. The van der Waals surface area contributed by atoms with Crippen LogP contribution >= 0.6 is 0 Å². The number of oxime groups is 1. The van der Waals surface area contributed by atoms with E-state index < -0.39 is 18.7 Å². The summed E-state index contributed by atoms with van der Waals surface area (Å²) < 4.78 is 9.72.